The fourth-order valence-corrected chi connectivity index (χ4v) is 4.29. The molecule has 2 aromatic rings. The summed E-state index contributed by atoms with van der Waals surface area (Å²) in [5.41, 5.74) is 2.21. The van der Waals surface area contributed by atoms with Gasteiger partial charge in [0.2, 0.25) is 15.9 Å². The number of carbonyl (C=O) groups excluding carboxylic acids is 1. The normalized spacial score (nSPS) is 11.4. The summed E-state index contributed by atoms with van der Waals surface area (Å²) in [6.07, 6.45) is 0.751. The van der Waals surface area contributed by atoms with E-state index in [0.717, 1.165) is 18.7 Å². The lowest BCUT2D eigenvalue weighted by atomic mass is 10.2. The van der Waals surface area contributed by atoms with Crippen molar-refractivity contribution in [1.82, 2.24) is 9.62 Å². The second kappa shape index (κ2) is 11.0. The number of rotatable bonds is 11. The highest BCUT2D eigenvalue weighted by molar-refractivity contribution is 7.89. The van der Waals surface area contributed by atoms with Crippen LogP contribution in [0, 0.1) is 0 Å². The predicted octanol–water partition coefficient (Wildman–Crippen LogP) is 3.25. The fourth-order valence-electron chi connectivity index (χ4n) is 3.06. The predicted molar refractivity (Wildman–Crippen MR) is 117 cm³/mol. The van der Waals surface area contributed by atoms with Crippen molar-refractivity contribution in [2.75, 3.05) is 31.6 Å². The third kappa shape index (κ3) is 6.58. The average molecular weight is 418 g/mol. The molecule has 0 aliphatic carbocycles. The van der Waals surface area contributed by atoms with Gasteiger partial charge in [-0.05, 0) is 50.1 Å². The van der Waals surface area contributed by atoms with Crippen molar-refractivity contribution in [3.63, 3.8) is 0 Å². The maximum absolute atomic E-state index is 12.5. The highest BCUT2D eigenvalue weighted by Crippen LogP contribution is 2.15. The van der Waals surface area contributed by atoms with Gasteiger partial charge in [0.1, 0.15) is 0 Å². The Morgan fingerprint density at radius 2 is 1.59 bits per heavy atom. The zero-order valence-corrected chi connectivity index (χ0v) is 18.3. The number of carbonyl (C=O) groups is 1. The van der Waals surface area contributed by atoms with Crippen LogP contribution in [0.2, 0.25) is 0 Å². The highest BCUT2D eigenvalue weighted by atomic mass is 32.2. The number of hydrogen-bond donors (Lipinski definition) is 1. The van der Waals surface area contributed by atoms with E-state index in [-0.39, 0.29) is 17.2 Å². The monoisotopic (exact) mass is 417 g/mol. The molecule has 29 heavy (non-hydrogen) atoms. The molecule has 0 atom stereocenters. The van der Waals surface area contributed by atoms with E-state index in [4.69, 9.17) is 0 Å². The molecule has 0 heterocycles. The van der Waals surface area contributed by atoms with Gasteiger partial charge in [-0.25, -0.2) is 12.7 Å². The van der Waals surface area contributed by atoms with E-state index < -0.39 is 10.0 Å². The first-order chi connectivity index (χ1) is 13.9. The zero-order chi connectivity index (χ0) is 21.3. The van der Waals surface area contributed by atoms with Gasteiger partial charge in [0.25, 0.3) is 0 Å². The molecule has 2 aromatic carbocycles. The van der Waals surface area contributed by atoms with E-state index in [1.54, 1.807) is 30.3 Å². The quantitative estimate of drug-likeness (QED) is 0.609. The first kappa shape index (κ1) is 22.9. The number of nitrogens with zero attached hydrogens (tertiary/aromatic N) is 2. The molecule has 0 aliphatic rings. The molecule has 0 spiro atoms. The molecule has 0 saturated carbocycles. The average Bonchev–Trinajstić information content (AvgIpc) is 2.74. The summed E-state index contributed by atoms with van der Waals surface area (Å²) in [5.74, 6) is -0.0803. The van der Waals surface area contributed by atoms with Gasteiger partial charge in [-0.2, -0.15) is 0 Å². The molecule has 6 nitrogen and oxygen atoms in total. The summed E-state index contributed by atoms with van der Waals surface area (Å²) < 4.78 is 26.2. The molecule has 2 rings (SSSR count). The summed E-state index contributed by atoms with van der Waals surface area (Å²) in [6, 6.07) is 16.5. The lowest BCUT2D eigenvalue weighted by molar-refractivity contribution is -0.121. The van der Waals surface area contributed by atoms with Crippen LogP contribution in [0.1, 0.15) is 32.3 Å². The largest absolute Gasteiger partial charge is 0.372 e. The van der Waals surface area contributed by atoms with Gasteiger partial charge < -0.3 is 10.2 Å². The maximum atomic E-state index is 12.5. The SMILES string of the molecule is CCN(CC)c1ccc(CNC(=O)CCCN(C)S(=O)(=O)c2ccccc2)cc1. The lowest BCUT2D eigenvalue weighted by Crippen LogP contribution is -2.29. The van der Waals surface area contributed by atoms with E-state index in [2.05, 4.69) is 36.2 Å². The Balaban J connectivity index is 1.76. The molecule has 0 aliphatic heterocycles. The van der Waals surface area contributed by atoms with E-state index in [9.17, 15) is 13.2 Å². The molecule has 7 heteroatoms. The van der Waals surface area contributed by atoms with E-state index in [1.165, 1.54) is 17.0 Å². The van der Waals surface area contributed by atoms with Crippen molar-refractivity contribution in [2.24, 2.45) is 0 Å². The van der Waals surface area contributed by atoms with Crippen LogP contribution < -0.4 is 10.2 Å². The van der Waals surface area contributed by atoms with Gasteiger partial charge in [0.05, 0.1) is 4.90 Å². The first-order valence-corrected chi connectivity index (χ1v) is 11.4. The van der Waals surface area contributed by atoms with Crippen molar-refractivity contribution < 1.29 is 13.2 Å². The fraction of sp³-hybridized carbons (Fsp3) is 0.409. The molecular formula is C22H31N3O3S. The van der Waals surface area contributed by atoms with Gasteiger partial charge >= 0.3 is 0 Å². The van der Waals surface area contributed by atoms with Crippen LogP contribution in [0.15, 0.2) is 59.5 Å². The minimum atomic E-state index is -3.51. The molecule has 0 bridgehead atoms. The van der Waals surface area contributed by atoms with Crippen LogP contribution in [0.25, 0.3) is 0 Å². The first-order valence-electron chi connectivity index (χ1n) is 10.0. The Labute approximate surface area is 174 Å². The van der Waals surface area contributed by atoms with E-state index in [1.807, 2.05) is 12.1 Å². The molecule has 0 fully saturated rings. The van der Waals surface area contributed by atoms with Crippen molar-refractivity contribution in [3.05, 3.63) is 60.2 Å². The molecule has 158 valence electrons. The van der Waals surface area contributed by atoms with Crippen LogP contribution in [0.3, 0.4) is 0 Å². The molecule has 0 radical (unpaired) electrons. The van der Waals surface area contributed by atoms with Gasteiger partial charge in [-0.15, -0.1) is 0 Å². The number of amides is 1. The molecular weight excluding hydrogens is 386 g/mol. The second-order valence-electron chi connectivity index (χ2n) is 6.86. The van der Waals surface area contributed by atoms with Gasteiger partial charge in [0, 0.05) is 45.3 Å². The Morgan fingerprint density at radius 3 is 2.17 bits per heavy atom. The summed E-state index contributed by atoms with van der Waals surface area (Å²) in [6.45, 7) is 6.93. The molecule has 0 saturated heterocycles. The topological polar surface area (TPSA) is 69.7 Å². The number of anilines is 1. The molecule has 0 unspecified atom stereocenters. The van der Waals surface area contributed by atoms with Crippen molar-refractivity contribution in [2.45, 2.75) is 38.1 Å². The minimum Gasteiger partial charge on any atom is -0.372 e. The van der Waals surface area contributed by atoms with Gasteiger partial charge in [-0.3, -0.25) is 4.79 Å². The summed E-state index contributed by atoms with van der Waals surface area (Å²) >= 11 is 0. The Bertz CT molecular complexity index is 864. The standard InChI is InChI=1S/C22H31N3O3S/c1-4-25(5-2)20-15-13-19(14-16-20)18-23-22(26)12-9-17-24(3)29(27,28)21-10-7-6-8-11-21/h6-8,10-11,13-16H,4-5,9,12,17-18H2,1-3H3,(H,23,26). The summed E-state index contributed by atoms with van der Waals surface area (Å²) in [7, 11) is -1.97. The molecule has 0 aromatic heterocycles. The number of benzene rings is 2. The summed E-state index contributed by atoms with van der Waals surface area (Å²) in [5, 5.41) is 2.90. The third-order valence-corrected chi connectivity index (χ3v) is 6.75. The van der Waals surface area contributed by atoms with Crippen molar-refractivity contribution in [3.8, 4) is 0 Å². The number of nitrogens with one attached hydrogen (secondary N) is 1. The highest BCUT2D eigenvalue weighted by Gasteiger charge is 2.20. The summed E-state index contributed by atoms with van der Waals surface area (Å²) in [4.78, 5) is 14.6. The Morgan fingerprint density at radius 1 is 0.966 bits per heavy atom. The van der Waals surface area contributed by atoms with Crippen LogP contribution in [0.4, 0.5) is 5.69 Å². The van der Waals surface area contributed by atoms with Crippen LogP contribution in [-0.2, 0) is 21.4 Å². The second-order valence-corrected chi connectivity index (χ2v) is 8.90. The van der Waals surface area contributed by atoms with Gasteiger partial charge in [0.15, 0.2) is 0 Å². The van der Waals surface area contributed by atoms with Gasteiger partial charge in [-0.1, -0.05) is 30.3 Å². The maximum Gasteiger partial charge on any atom is 0.242 e. The zero-order valence-electron chi connectivity index (χ0n) is 17.5. The number of sulfonamides is 1. The Hall–Kier alpha value is -2.38. The van der Waals surface area contributed by atoms with E-state index in [0.29, 0.717) is 19.5 Å². The number of hydrogen-bond acceptors (Lipinski definition) is 4. The van der Waals surface area contributed by atoms with Crippen LogP contribution >= 0.6 is 0 Å². The third-order valence-electron chi connectivity index (χ3n) is 4.88. The van der Waals surface area contributed by atoms with Crippen molar-refractivity contribution >= 4 is 21.6 Å². The van der Waals surface area contributed by atoms with Crippen molar-refractivity contribution in [1.29, 1.82) is 0 Å². The Kier molecular flexibility index (Phi) is 8.67. The van der Waals surface area contributed by atoms with Crippen LogP contribution in [-0.4, -0.2) is 45.3 Å². The minimum absolute atomic E-state index is 0.0803. The molecule has 1 N–H and O–H groups in total. The smallest absolute Gasteiger partial charge is 0.242 e. The lowest BCUT2D eigenvalue weighted by Gasteiger charge is -2.21. The van der Waals surface area contributed by atoms with E-state index >= 15 is 0 Å². The molecule has 1 amide bonds. The van der Waals surface area contributed by atoms with Crippen LogP contribution in [0.5, 0.6) is 0 Å².